The van der Waals surface area contributed by atoms with E-state index in [0.717, 1.165) is 40.0 Å². The maximum Gasteiger partial charge on any atom is 0.220 e. The Morgan fingerprint density at radius 2 is 2.20 bits per heavy atom. The largest absolute Gasteiger partial charge is 0.493 e. The van der Waals surface area contributed by atoms with Crippen molar-refractivity contribution in [1.82, 2.24) is 15.5 Å². The van der Waals surface area contributed by atoms with Crippen LogP contribution in [0.4, 0.5) is 0 Å². The lowest BCUT2D eigenvalue weighted by Gasteiger charge is -2.10. The van der Waals surface area contributed by atoms with Crippen LogP contribution in [0.15, 0.2) is 35.1 Å². The zero-order valence-electron chi connectivity index (χ0n) is 14.6. The van der Waals surface area contributed by atoms with Crippen molar-refractivity contribution in [2.24, 2.45) is 0 Å². The Bertz CT molecular complexity index is 837. The van der Waals surface area contributed by atoms with Crippen LogP contribution < -0.4 is 10.1 Å². The molecule has 25 heavy (non-hydrogen) atoms. The first-order valence-electron chi connectivity index (χ1n) is 8.62. The molecule has 3 aromatic rings. The number of hydrogen-bond donors (Lipinski definition) is 2. The third-order valence-electron chi connectivity index (χ3n) is 4.14. The average Bonchev–Trinajstić information content (AvgIpc) is 3.27. The van der Waals surface area contributed by atoms with Crippen molar-refractivity contribution < 1.29 is 14.1 Å². The Hall–Kier alpha value is -2.76. The molecule has 2 heterocycles. The van der Waals surface area contributed by atoms with Gasteiger partial charge in [-0.05, 0) is 24.1 Å². The van der Waals surface area contributed by atoms with Crippen LogP contribution >= 0.6 is 0 Å². The summed E-state index contributed by atoms with van der Waals surface area (Å²) in [5, 5.41) is 7.90. The number of amides is 1. The van der Waals surface area contributed by atoms with Gasteiger partial charge in [-0.15, -0.1) is 0 Å². The fourth-order valence-electron chi connectivity index (χ4n) is 2.72. The summed E-state index contributed by atoms with van der Waals surface area (Å²) in [5.41, 5.74) is 4.04. The molecule has 1 aromatic carbocycles. The summed E-state index contributed by atoms with van der Waals surface area (Å²) in [5.74, 6) is 0.925. The topological polar surface area (TPSA) is 80.2 Å². The Morgan fingerprint density at radius 1 is 1.32 bits per heavy atom. The quantitative estimate of drug-likeness (QED) is 0.658. The molecule has 6 heteroatoms. The maximum absolute atomic E-state index is 11.4. The van der Waals surface area contributed by atoms with E-state index in [1.807, 2.05) is 19.1 Å². The number of hydrogen-bond acceptors (Lipinski definition) is 4. The minimum atomic E-state index is 0.0461. The van der Waals surface area contributed by atoms with Gasteiger partial charge < -0.3 is 19.6 Å². The van der Waals surface area contributed by atoms with Gasteiger partial charge in [0.1, 0.15) is 12.0 Å². The predicted molar refractivity (Wildman–Crippen MR) is 95.5 cm³/mol. The van der Waals surface area contributed by atoms with Crippen molar-refractivity contribution in [3.05, 3.63) is 47.5 Å². The van der Waals surface area contributed by atoms with Crippen LogP contribution in [0.2, 0.25) is 0 Å². The number of ether oxygens (including phenoxy) is 1. The number of rotatable bonds is 8. The van der Waals surface area contributed by atoms with Crippen LogP contribution in [0.25, 0.3) is 10.9 Å². The fourth-order valence-corrected chi connectivity index (χ4v) is 2.72. The molecule has 0 atom stereocenters. The van der Waals surface area contributed by atoms with E-state index in [4.69, 9.17) is 9.26 Å². The Balaban J connectivity index is 1.72. The molecule has 0 saturated carbocycles. The highest BCUT2D eigenvalue weighted by molar-refractivity contribution is 5.83. The predicted octanol–water partition coefficient (Wildman–Crippen LogP) is 3.37. The average molecular weight is 341 g/mol. The number of aromatic nitrogens is 2. The summed E-state index contributed by atoms with van der Waals surface area (Å²) >= 11 is 0. The van der Waals surface area contributed by atoms with E-state index in [9.17, 15) is 4.79 Å². The van der Waals surface area contributed by atoms with Crippen molar-refractivity contribution in [3.8, 4) is 5.75 Å². The molecule has 0 unspecified atom stereocenters. The van der Waals surface area contributed by atoms with Crippen molar-refractivity contribution in [2.75, 3.05) is 6.61 Å². The molecule has 2 N–H and O–H groups in total. The molecule has 132 valence electrons. The van der Waals surface area contributed by atoms with Gasteiger partial charge in [0.25, 0.3) is 0 Å². The molecular weight excluding hydrogens is 318 g/mol. The lowest BCUT2D eigenvalue weighted by atomic mass is 10.1. The molecule has 2 aromatic heterocycles. The molecule has 0 aliphatic heterocycles. The zero-order valence-corrected chi connectivity index (χ0v) is 14.6. The van der Waals surface area contributed by atoms with Gasteiger partial charge in [-0.2, -0.15) is 0 Å². The Kier molecular flexibility index (Phi) is 5.38. The third-order valence-corrected chi connectivity index (χ3v) is 4.14. The molecule has 0 radical (unpaired) electrons. The number of fused-ring (bicyclic) bond motifs is 1. The van der Waals surface area contributed by atoms with E-state index in [2.05, 4.69) is 34.5 Å². The van der Waals surface area contributed by atoms with E-state index < -0.39 is 0 Å². The van der Waals surface area contributed by atoms with Crippen LogP contribution in [0.1, 0.15) is 37.2 Å². The summed E-state index contributed by atoms with van der Waals surface area (Å²) < 4.78 is 10.8. The first-order valence-corrected chi connectivity index (χ1v) is 8.62. The monoisotopic (exact) mass is 341 g/mol. The summed E-state index contributed by atoms with van der Waals surface area (Å²) in [6.45, 7) is 5.01. The molecule has 0 saturated heterocycles. The number of aryl methyl sites for hydroxylation is 1. The number of carbonyl (C=O) groups is 1. The number of benzene rings is 1. The van der Waals surface area contributed by atoms with Crippen molar-refractivity contribution in [3.63, 3.8) is 0 Å². The summed E-state index contributed by atoms with van der Waals surface area (Å²) in [6, 6.07) is 8.09. The van der Waals surface area contributed by atoms with E-state index in [1.54, 1.807) is 6.26 Å². The van der Waals surface area contributed by atoms with E-state index in [1.165, 1.54) is 0 Å². The molecule has 1 amide bonds. The van der Waals surface area contributed by atoms with Crippen LogP contribution in [-0.4, -0.2) is 22.7 Å². The fraction of sp³-hybridized carbons (Fsp3) is 0.368. The SMILES string of the molecule is CCC(=O)NCc1cc2cc(CC)c(OCCc3ccon3)cc2[nH]1. The molecule has 0 fully saturated rings. The van der Waals surface area contributed by atoms with Gasteiger partial charge in [0.2, 0.25) is 5.91 Å². The third kappa shape index (κ3) is 4.21. The second-order valence-electron chi connectivity index (χ2n) is 5.91. The van der Waals surface area contributed by atoms with Crippen LogP contribution in [-0.2, 0) is 24.2 Å². The second-order valence-corrected chi connectivity index (χ2v) is 5.91. The standard InChI is InChI=1S/C19H23N3O3/c1-3-13-9-14-10-16(12-20-19(23)4-2)21-17(14)11-18(13)24-7-5-15-6-8-25-22-15/h6,8-11,21H,3-5,7,12H2,1-2H3,(H,20,23). The van der Waals surface area contributed by atoms with Crippen LogP contribution in [0.5, 0.6) is 5.75 Å². The minimum Gasteiger partial charge on any atom is -0.493 e. The van der Waals surface area contributed by atoms with Gasteiger partial charge >= 0.3 is 0 Å². The van der Waals surface area contributed by atoms with Gasteiger partial charge in [-0.3, -0.25) is 4.79 Å². The maximum atomic E-state index is 11.4. The highest BCUT2D eigenvalue weighted by Crippen LogP contribution is 2.27. The van der Waals surface area contributed by atoms with Crippen molar-refractivity contribution in [1.29, 1.82) is 0 Å². The van der Waals surface area contributed by atoms with Gasteiger partial charge in [-0.25, -0.2) is 0 Å². The first kappa shape index (κ1) is 17.1. The molecular formula is C19H23N3O3. The number of aromatic amines is 1. The molecule has 0 aliphatic rings. The Morgan fingerprint density at radius 3 is 2.92 bits per heavy atom. The normalized spacial score (nSPS) is 11.0. The van der Waals surface area contributed by atoms with Gasteiger partial charge in [-0.1, -0.05) is 19.0 Å². The molecule has 0 aliphatic carbocycles. The second kappa shape index (κ2) is 7.88. The van der Waals surface area contributed by atoms with Crippen molar-refractivity contribution >= 4 is 16.8 Å². The summed E-state index contributed by atoms with van der Waals surface area (Å²) in [6.07, 6.45) is 3.65. The molecule has 0 bridgehead atoms. The van der Waals surface area contributed by atoms with E-state index >= 15 is 0 Å². The summed E-state index contributed by atoms with van der Waals surface area (Å²) in [7, 11) is 0. The van der Waals surface area contributed by atoms with Gasteiger partial charge in [0.05, 0.1) is 18.8 Å². The lowest BCUT2D eigenvalue weighted by Crippen LogP contribution is -2.21. The van der Waals surface area contributed by atoms with E-state index in [-0.39, 0.29) is 5.91 Å². The lowest BCUT2D eigenvalue weighted by molar-refractivity contribution is -0.120. The minimum absolute atomic E-state index is 0.0461. The highest BCUT2D eigenvalue weighted by atomic mass is 16.5. The van der Waals surface area contributed by atoms with Gasteiger partial charge in [0, 0.05) is 41.6 Å². The van der Waals surface area contributed by atoms with Gasteiger partial charge in [0.15, 0.2) is 0 Å². The van der Waals surface area contributed by atoms with E-state index in [0.29, 0.717) is 26.0 Å². The van der Waals surface area contributed by atoms with Crippen LogP contribution in [0, 0.1) is 0 Å². The smallest absolute Gasteiger partial charge is 0.220 e. The number of nitrogens with zero attached hydrogens (tertiary/aromatic N) is 1. The Labute approximate surface area is 146 Å². The number of carbonyl (C=O) groups excluding carboxylic acids is 1. The summed E-state index contributed by atoms with van der Waals surface area (Å²) in [4.78, 5) is 14.8. The molecule has 3 rings (SSSR count). The van der Waals surface area contributed by atoms with Crippen LogP contribution in [0.3, 0.4) is 0 Å². The number of H-pyrrole nitrogens is 1. The first-order chi connectivity index (χ1) is 12.2. The molecule has 6 nitrogen and oxygen atoms in total. The number of nitrogens with one attached hydrogen (secondary N) is 2. The zero-order chi connectivity index (χ0) is 17.6. The molecule has 0 spiro atoms. The van der Waals surface area contributed by atoms with Crippen molar-refractivity contribution in [2.45, 2.75) is 39.7 Å². The highest BCUT2D eigenvalue weighted by Gasteiger charge is 2.09.